The van der Waals surface area contributed by atoms with Crippen molar-refractivity contribution in [3.05, 3.63) is 0 Å². The van der Waals surface area contributed by atoms with Gasteiger partial charge in [0.25, 0.3) is 0 Å². The Hall–Kier alpha value is -0.200. The Labute approximate surface area is 90.9 Å². The van der Waals surface area contributed by atoms with Crippen molar-refractivity contribution in [1.82, 2.24) is 0 Å². The average Bonchev–Trinajstić information content (AvgIpc) is 2.45. The van der Waals surface area contributed by atoms with Gasteiger partial charge in [-0.3, -0.25) is 0 Å². The first kappa shape index (κ1) is 14.8. The minimum absolute atomic E-state index is 0.117. The molecule has 2 atom stereocenters. The Kier molecular flexibility index (Phi) is 7.04. The van der Waals surface area contributed by atoms with E-state index < -0.39 is 5.79 Å². The quantitative estimate of drug-likeness (QED) is 0.486. The monoisotopic (exact) mass is 221 g/mol. The second kappa shape index (κ2) is 7.14. The molecule has 1 saturated carbocycles. The molecule has 5 nitrogen and oxygen atoms in total. The van der Waals surface area contributed by atoms with Gasteiger partial charge in [0.1, 0.15) is 0 Å². The van der Waals surface area contributed by atoms with Crippen LogP contribution in [0.15, 0.2) is 0 Å². The van der Waals surface area contributed by atoms with E-state index in [1.165, 1.54) is 13.8 Å². The van der Waals surface area contributed by atoms with Crippen LogP contribution in [0.25, 0.3) is 0 Å². The van der Waals surface area contributed by atoms with Gasteiger partial charge in [-0.15, -0.1) is 0 Å². The van der Waals surface area contributed by atoms with Crippen LogP contribution in [-0.4, -0.2) is 46.5 Å². The molecule has 1 fully saturated rings. The number of ether oxygens (including phenoxy) is 1. The first-order valence-corrected chi connectivity index (χ1v) is 5.25. The molecule has 1 rings (SSSR count). The van der Waals surface area contributed by atoms with Crippen molar-refractivity contribution in [3.8, 4) is 0 Å². The van der Waals surface area contributed by atoms with Crippen molar-refractivity contribution in [1.29, 1.82) is 0 Å². The normalized spacial score (nSPS) is 26.0. The van der Waals surface area contributed by atoms with Gasteiger partial charge >= 0.3 is 0 Å². The summed E-state index contributed by atoms with van der Waals surface area (Å²) in [6.45, 7) is 3.17. The van der Waals surface area contributed by atoms with E-state index in [1.54, 1.807) is 0 Å². The summed E-state index contributed by atoms with van der Waals surface area (Å²) in [5.74, 6) is -1.50. The first-order valence-electron chi connectivity index (χ1n) is 5.25. The summed E-state index contributed by atoms with van der Waals surface area (Å²) in [6.07, 6.45) is 3.39. The topological polar surface area (TPSA) is 95.9 Å². The SMILES string of the molecule is CC(C)(O)O.N[C@H]1CC[C@@H](OCCO)C1. The van der Waals surface area contributed by atoms with E-state index in [4.69, 9.17) is 25.8 Å². The zero-order valence-corrected chi connectivity index (χ0v) is 9.52. The van der Waals surface area contributed by atoms with Crippen LogP contribution in [0.1, 0.15) is 33.1 Å². The molecule has 0 bridgehead atoms. The molecular formula is C10H23NO4. The maximum absolute atomic E-state index is 8.44. The molecule has 0 amide bonds. The van der Waals surface area contributed by atoms with Crippen LogP contribution in [0, 0.1) is 0 Å². The number of hydrogen-bond donors (Lipinski definition) is 4. The van der Waals surface area contributed by atoms with Crippen LogP contribution in [0.5, 0.6) is 0 Å². The molecule has 92 valence electrons. The Bertz CT molecular complexity index is 152. The van der Waals surface area contributed by atoms with Crippen molar-refractivity contribution < 1.29 is 20.1 Å². The van der Waals surface area contributed by atoms with E-state index >= 15 is 0 Å². The van der Waals surface area contributed by atoms with E-state index in [0.29, 0.717) is 18.8 Å². The number of nitrogens with two attached hydrogens (primary N) is 1. The van der Waals surface area contributed by atoms with Gasteiger partial charge < -0.3 is 25.8 Å². The van der Waals surface area contributed by atoms with E-state index in [9.17, 15) is 0 Å². The lowest BCUT2D eigenvalue weighted by atomic mass is 10.3. The van der Waals surface area contributed by atoms with Gasteiger partial charge in [-0.25, -0.2) is 0 Å². The highest BCUT2D eigenvalue weighted by molar-refractivity contribution is 4.77. The number of hydrogen-bond acceptors (Lipinski definition) is 5. The fraction of sp³-hybridized carbons (Fsp3) is 1.00. The van der Waals surface area contributed by atoms with E-state index in [2.05, 4.69) is 0 Å². The predicted octanol–water partition coefficient (Wildman–Crippen LogP) is -0.418. The smallest absolute Gasteiger partial charge is 0.156 e. The third-order valence-electron chi connectivity index (χ3n) is 1.87. The van der Waals surface area contributed by atoms with Crippen LogP contribution in [0.4, 0.5) is 0 Å². The summed E-state index contributed by atoms with van der Waals surface area (Å²) in [4.78, 5) is 0. The maximum atomic E-state index is 8.44. The summed E-state index contributed by atoms with van der Waals surface area (Å²) in [5, 5.41) is 24.6. The summed E-state index contributed by atoms with van der Waals surface area (Å²) in [5.41, 5.74) is 5.65. The summed E-state index contributed by atoms with van der Waals surface area (Å²) in [6, 6.07) is 0.323. The highest BCUT2D eigenvalue weighted by Gasteiger charge is 2.21. The molecule has 1 aliphatic carbocycles. The van der Waals surface area contributed by atoms with Crippen LogP contribution in [-0.2, 0) is 4.74 Å². The molecule has 1 aliphatic rings. The lowest BCUT2D eigenvalue weighted by Gasteiger charge is -2.08. The van der Waals surface area contributed by atoms with Gasteiger partial charge in [-0.2, -0.15) is 0 Å². The largest absolute Gasteiger partial charge is 0.394 e. The Morgan fingerprint density at radius 3 is 2.20 bits per heavy atom. The van der Waals surface area contributed by atoms with Gasteiger partial charge in [-0.1, -0.05) is 0 Å². The van der Waals surface area contributed by atoms with Gasteiger partial charge in [0, 0.05) is 6.04 Å². The van der Waals surface area contributed by atoms with Gasteiger partial charge in [0.2, 0.25) is 0 Å². The highest BCUT2D eigenvalue weighted by atomic mass is 16.5. The minimum atomic E-state index is -1.50. The standard InChI is InChI=1S/C7H15NO2.C3H8O2/c8-6-1-2-7(5-6)10-4-3-9;1-3(2,4)5/h6-7,9H,1-5,8H2;4-5H,1-2H3/t6-,7+;/m0./s1. The van der Waals surface area contributed by atoms with Crippen LogP contribution >= 0.6 is 0 Å². The second-order valence-corrected chi connectivity index (χ2v) is 4.28. The van der Waals surface area contributed by atoms with Crippen molar-refractivity contribution in [3.63, 3.8) is 0 Å². The average molecular weight is 221 g/mol. The van der Waals surface area contributed by atoms with E-state index in [-0.39, 0.29) is 6.61 Å². The molecule has 0 saturated heterocycles. The molecule has 0 radical (unpaired) electrons. The summed E-state index contributed by atoms with van der Waals surface area (Å²) >= 11 is 0. The molecule has 0 heterocycles. The Morgan fingerprint density at radius 1 is 1.33 bits per heavy atom. The van der Waals surface area contributed by atoms with E-state index in [0.717, 1.165) is 19.3 Å². The molecule has 0 aromatic carbocycles. The van der Waals surface area contributed by atoms with Gasteiger partial charge in [0.15, 0.2) is 5.79 Å². The first-order chi connectivity index (χ1) is 6.83. The molecule has 0 unspecified atom stereocenters. The molecule has 0 aromatic heterocycles. The van der Waals surface area contributed by atoms with Crippen molar-refractivity contribution in [2.24, 2.45) is 5.73 Å². The number of aliphatic hydroxyl groups excluding tert-OH is 1. The fourth-order valence-electron chi connectivity index (χ4n) is 1.34. The zero-order valence-electron chi connectivity index (χ0n) is 9.52. The molecule has 0 spiro atoms. The van der Waals surface area contributed by atoms with E-state index in [1.807, 2.05) is 0 Å². The highest BCUT2D eigenvalue weighted by Crippen LogP contribution is 2.19. The third kappa shape index (κ3) is 11.7. The minimum Gasteiger partial charge on any atom is -0.394 e. The van der Waals surface area contributed by atoms with Crippen LogP contribution in [0.2, 0.25) is 0 Å². The maximum Gasteiger partial charge on any atom is 0.156 e. The Morgan fingerprint density at radius 2 is 1.87 bits per heavy atom. The summed E-state index contributed by atoms with van der Waals surface area (Å²) in [7, 11) is 0. The van der Waals surface area contributed by atoms with Crippen LogP contribution in [0.3, 0.4) is 0 Å². The van der Waals surface area contributed by atoms with Crippen molar-refractivity contribution >= 4 is 0 Å². The van der Waals surface area contributed by atoms with Crippen LogP contribution < -0.4 is 5.73 Å². The molecule has 15 heavy (non-hydrogen) atoms. The molecule has 5 heteroatoms. The molecule has 0 aliphatic heterocycles. The van der Waals surface area contributed by atoms with Gasteiger partial charge in [-0.05, 0) is 33.1 Å². The third-order valence-corrected chi connectivity index (χ3v) is 1.87. The Balaban J connectivity index is 0.000000336. The number of rotatable bonds is 3. The lowest BCUT2D eigenvalue weighted by molar-refractivity contribution is -0.127. The molecule has 0 aromatic rings. The van der Waals surface area contributed by atoms with Crippen molar-refractivity contribution in [2.45, 2.75) is 51.0 Å². The van der Waals surface area contributed by atoms with Gasteiger partial charge in [0.05, 0.1) is 19.3 Å². The fourth-order valence-corrected chi connectivity index (χ4v) is 1.34. The molecule has 5 N–H and O–H groups in total. The second-order valence-electron chi connectivity index (χ2n) is 4.28. The lowest BCUT2D eigenvalue weighted by Crippen LogP contribution is -2.18. The molecular weight excluding hydrogens is 198 g/mol. The zero-order chi connectivity index (χ0) is 11.9. The summed E-state index contributed by atoms with van der Waals surface area (Å²) < 4.78 is 5.29. The van der Waals surface area contributed by atoms with Crippen molar-refractivity contribution in [2.75, 3.05) is 13.2 Å². The number of aliphatic hydroxyl groups is 3. The predicted molar refractivity (Wildman–Crippen MR) is 57.2 cm³/mol.